The highest BCUT2D eigenvalue weighted by Crippen LogP contribution is 2.48. The van der Waals surface area contributed by atoms with Crippen molar-refractivity contribution in [2.75, 3.05) is 6.61 Å². The van der Waals surface area contributed by atoms with E-state index in [2.05, 4.69) is 10.1 Å². The molecule has 2 heterocycles. The molecule has 0 saturated carbocycles. The molecule has 3 rings (SSSR count). The molecule has 228 valence electrons. The minimum absolute atomic E-state index is 0.110. The minimum atomic E-state index is -4.46. The summed E-state index contributed by atoms with van der Waals surface area (Å²) in [4.78, 5) is 29.1. The molecule has 1 aliphatic heterocycles. The van der Waals surface area contributed by atoms with Crippen molar-refractivity contribution in [3.63, 3.8) is 0 Å². The Bertz CT molecular complexity index is 1270. The average Bonchev–Trinajstić information content (AvgIpc) is 3.09. The van der Waals surface area contributed by atoms with Gasteiger partial charge in [-0.3, -0.25) is 13.9 Å². The monoisotopic (exact) mass is 601 g/mol. The Kier molecular flexibility index (Phi) is 10.8. The fraction of sp³-hybridized carbons (Fsp3) is 0.593. The van der Waals surface area contributed by atoms with Gasteiger partial charge in [0.2, 0.25) is 6.23 Å². The number of hydrogen-bond acceptors (Lipinski definition) is 9. The number of halogens is 2. The number of aliphatic hydroxyl groups is 1. The van der Waals surface area contributed by atoms with Gasteiger partial charge < -0.3 is 19.1 Å². The van der Waals surface area contributed by atoms with Gasteiger partial charge in [0.1, 0.15) is 17.9 Å². The van der Waals surface area contributed by atoms with Crippen LogP contribution in [-0.2, 0) is 29.8 Å². The minimum Gasteiger partial charge on any atom is -0.462 e. The molecule has 0 bridgehead atoms. The number of nitrogens with zero attached hydrogens (tertiary/aromatic N) is 2. The van der Waals surface area contributed by atoms with Crippen LogP contribution in [0.15, 0.2) is 47.4 Å². The summed E-state index contributed by atoms with van der Waals surface area (Å²) >= 11 is 0. The molecule has 1 fully saturated rings. The van der Waals surface area contributed by atoms with E-state index in [1.165, 1.54) is 18.2 Å². The number of carbonyl (C=O) groups excluding carboxylic acids is 1. The number of aliphatic hydroxyl groups excluding tert-OH is 1. The third-order valence-electron chi connectivity index (χ3n) is 6.08. The number of rotatable bonds is 13. The largest absolute Gasteiger partial charge is 0.462 e. The maximum absolute atomic E-state index is 15.1. The highest BCUT2D eigenvalue weighted by atomic mass is 31.2. The molecule has 5 atom stereocenters. The second-order valence-electron chi connectivity index (χ2n) is 10.9. The average molecular weight is 602 g/mol. The van der Waals surface area contributed by atoms with Gasteiger partial charge in [0, 0.05) is 11.9 Å². The van der Waals surface area contributed by atoms with Crippen LogP contribution in [0.5, 0.6) is 5.75 Å². The number of carbonyl (C=O) groups is 1. The zero-order chi connectivity index (χ0) is 30.5. The molecule has 1 unspecified atom stereocenters. The Hall–Kier alpha value is -2.70. The van der Waals surface area contributed by atoms with Crippen molar-refractivity contribution in [2.24, 2.45) is 11.8 Å². The molecule has 0 aliphatic carbocycles. The lowest BCUT2D eigenvalue weighted by molar-refractivity contribution is -0.150. The van der Waals surface area contributed by atoms with Crippen LogP contribution >= 0.6 is 7.75 Å². The van der Waals surface area contributed by atoms with Crippen LogP contribution in [0.3, 0.4) is 0 Å². The third-order valence-corrected chi connectivity index (χ3v) is 7.62. The van der Waals surface area contributed by atoms with Crippen LogP contribution in [0, 0.1) is 11.8 Å². The lowest BCUT2D eigenvalue weighted by atomic mass is 10.1. The van der Waals surface area contributed by atoms with Crippen molar-refractivity contribution in [1.29, 1.82) is 0 Å². The lowest BCUT2D eigenvalue weighted by Crippen LogP contribution is -2.43. The summed E-state index contributed by atoms with van der Waals surface area (Å²) in [6.07, 6.45) is -5.17. The number of nitrogens with one attached hydrogen (secondary N) is 1. The molecule has 2 aromatic rings. The van der Waals surface area contributed by atoms with Crippen LogP contribution in [-0.4, -0.2) is 57.5 Å². The molecule has 0 amide bonds. The summed E-state index contributed by atoms with van der Waals surface area (Å²) in [6, 6.07) is 8.18. The molecule has 11 nitrogen and oxygen atoms in total. The molecule has 0 radical (unpaired) electrons. The number of esters is 1. The first-order valence-corrected chi connectivity index (χ1v) is 14.9. The maximum Gasteiger partial charge on any atom is 0.459 e. The summed E-state index contributed by atoms with van der Waals surface area (Å²) in [5.41, 5.74) is -0.534. The first kappa shape index (κ1) is 32.8. The molecule has 1 aromatic heterocycles. The van der Waals surface area contributed by atoms with Gasteiger partial charge in [-0.1, -0.05) is 45.9 Å². The standard InChI is InChI=1S/C27H38F2N3O8P/c1-16(2)14-19-12-13-32(26(35)30-19)25-27(28,29)23(33)21(39-25)15-37-41(36,40-20-10-8-7-9-11-20)31-22(17(3)4)24(34)38-18(5)6/h7-13,16-18,21-23,25,33H,14-15H2,1-6H3,(H,31,36)/t21-,22+,23-,25-,41?/m1/s1. The van der Waals surface area contributed by atoms with E-state index in [0.29, 0.717) is 16.7 Å². The van der Waals surface area contributed by atoms with Gasteiger partial charge in [-0.15, -0.1) is 0 Å². The van der Waals surface area contributed by atoms with E-state index in [4.69, 9.17) is 18.5 Å². The van der Waals surface area contributed by atoms with E-state index in [1.807, 2.05) is 13.8 Å². The van der Waals surface area contributed by atoms with Crippen molar-refractivity contribution >= 4 is 13.7 Å². The van der Waals surface area contributed by atoms with Crippen LogP contribution in [0.25, 0.3) is 0 Å². The first-order valence-electron chi connectivity index (χ1n) is 13.4. The number of para-hydroxylation sites is 1. The van der Waals surface area contributed by atoms with Gasteiger partial charge in [0.15, 0.2) is 6.10 Å². The van der Waals surface area contributed by atoms with E-state index in [9.17, 15) is 19.3 Å². The molecule has 1 aromatic carbocycles. The fourth-order valence-electron chi connectivity index (χ4n) is 4.10. The predicted octanol–water partition coefficient (Wildman–Crippen LogP) is 4.10. The Morgan fingerprint density at radius 3 is 2.39 bits per heavy atom. The number of alkyl halides is 2. The molecule has 14 heteroatoms. The topological polar surface area (TPSA) is 138 Å². The van der Waals surface area contributed by atoms with Crippen molar-refractivity contribution in [1.82, 2.24) is 14.6 Å². The summed E-state index contributed by atoms with van der Waals surface area (Å²) in [6.45, 7) is 9.68. The zero-order valence-corrected chi connectivity index (χ0v) is 24.8. The Labute approximate surface area is 237 Å². The van der Waals surface area contributed by atoms with E-state index in [-0.39, 0.29) is 11.7 Å². The van der Waals surface area contributed by atoms with Gasteiger partial charge in [-0.2, -0.15) is 18.9 Å². The first-order chi connectivity index (χ1) is 19.1. The molecular weight excluding hydrogens is 563 g/mol. The maximum atomic E-state index is 15.1. The predicted molar refractivity (Wildman–Crippen MR) is 146 cm³/mol. The molecular formula is C27H38F2N3O8P. The quantitative estimate of drug-likeness (QED) is 0.255. The third kappa shape index (κ3) is 8.42. The van der Waals surface area contributed by atoms with Crippen LogP contribution < -0.4 is 15.3 Å². The highest BCUT2D eigenvalue weighted by molar-refractivity contribution is 7.52. The molecule has 41 heavy (non-hydrogen) atoms. The van der Waals surface area contributed by atoms with Crippen LogP contribution in [0.4, 0.5) is 8.78 Å². The summed E-state index contributed by atoms with van der Waals surface area (Å²) in [5, 5.41) is 13.0. The summed E-state index contributed by atoms with van der Waals surface area (Å²) in [7, 11) is -4.46. The Morgan fingerprint density at radius 1 is 1.17 bits per heavy atom. The van der Waals surface area contributed by atoms with Gasteiger partial charge in [-0.25, -0.2) is 9.36 Å². The molecule has 0 spiro atoms. The second kappa shape index (κ2) is 13.5. The van der Waals surface area contributed by atoms with Crippen molar-refractivity contribution in [3.8, 4) is 5.75 Å². The highest BCUT2D eigenvalue weighted by Gasteiger charge is 2.60. The lowest BCUT2D eigenvalue weighted by Gasteiger charge is -2.28. The van der Waals surface area contributed by atoms with Crippen molar-refractivity contribution in [2.45, 2.75) is 84.5 Å². The Balaban J connectivity index is 1.84. The number of aromatic nitrogens is 2. The second-order valence-corrected chi connectivity index (χ2v) is 12.6. The fourth-order valence-corrected chi connectivity index (χ4v) is 5.76. The van der Waals surface area contributed by atoms with Gasteiger partial charge >= 0.3 is 25.3 Å². The van der Waals surface area contributed by atoms with E-state index >= 15 is 8.78 Å². The normalized spacial score (nSPS) is 22.6. The van der Waals surface area contributed by atoms with Crippen LogP contribution in [0.1, 0.15) is 53.5 Å². The zero-order valence-electron chi connectivity index (χ0n) is 23.9. The van der Waals surface area contributed by atoms with Crippen molar-refractivity contribution < 1.29 is 41.8 Å². The smallest absolute Gasteiger partial charge is 0.459 e. The molecule has 2 N–H and O–H groups in total. The number of hydrogen-bond donors (Lipinski definition) is 2. The van der Waals surface area contributed by atoms with Gasteiger partial charge in [-0.05, 0) is 50.3 Å². The number of ether oxygens (including phenoxy) is 2. The summed E-state index contributed by atoms with van der Waals surface area (Å²) < 4.78 is 66.5. The molecule has 1 saturated heterocycles. The van der Waals surface area contributed by atoms with Crippen molar-refractivity contribution in [3.05, 3.63) is 58.8 Å². The molecule has 1 aliphatic rings. The van der Waals surface area contributed by atoms with Gasteiger partial charge in [0.05, 0.1) is 12.7 Å². The summed E-state index contributed by atoms with van der Waals surface area (Å²) in [5.74, 6) is -4.77. The van der Waals surface area contributed by atoms with Gasteiger partial charge in [0.25, 0.3) is 0 Å². The SMILES string of the molecule is CC(C)Cc1ccn([C@@H]2O[C@H](COP(=O)(N[C@H](C(=O)OC(C)C)C(C)C)Oc3ccccc3)[C@@H](O)C2(F)F)c(=O)n1. The van der Waals surface area contributed by atoms with E-state index < -0.39 is 68.4 Å². The van der Waals surface area contributed by atoms with E-state index in [0.717, 1.165) is 6.20 Å². The van der Waals surface area contributed by atoms with Crippen LogP contribution in [0.2, 0.25) is 0 Å². The number of benzene rings is 1. The van der Waals surface area contributed by atoms with E-state index in [1.54, 1.807) is 45.9 Å². The Morgan fingerprint density at radius 2 is 1.83 bits per heavy atom.